The van der Waals surface area contributed by atoms with Crippen molar-refractivity contribution in [3.05, 3.63) is 11.1 Å². The fourth-order valence-corrected chi connectivity index (χ4v) is 0.962. The van der Waals surface area contributed by atoms with E-state index in [1.165, 1.54) is 27.8 Å². The summed E-state index contributed by atoms with van der Waals surface area (Å²) in [6.45, 7) is 4.21. The highest BCUT2D eigenvalue weighted by Gasteiger charge is 2.35. The zero-order chi connectivity index (χ0) is 9.94. The maximum absolute atomic E-state index is 12.3. The van der Waals surface area contributed by atoms with Crippen LogP contribution >= 0.6 is 0 Å². The smallest absolute Gasteiger partial charge is 0.293 e. The Balaban J connectivity index is 5.12. The lowest BCUT2D eigenvalue weighted by Gasteiger charge is -2.12. The van der Waals surface area contributed by atoms with Gasteiger partial charge in [-0.25, -0.2) is 0 Å². The molecule has 0 aromatic rings. The molecule has 0 amide bonds. The van der Waals surface area contributed by atoms with Crippen LogP contribution in [-0.4, -0.2) is 18.9 Å². The van der Waals surface area contributed by atoms with E-state index < -0.39 is 11.7 Å². The summed E-state index contributed by atoms with van der Waals surface area (Å²) < 4.78 is 36.8. The molecule has 0 aromatic carbocycles. The number of halogens is 3. The Morgan fingerprint density at radius 2 is 1.50 bits per heavy atom. The monoisotopic (exact) mass is 179 g/mol. The van der Waals surface area contributed by atoms with Crippen molar-refractivity contribution in [2.45, 2.75) is 26.9 Å². The molecule has 0 aliphatic carbocycles. The maximum atomic E-state index is 12.3. The molecule has 4 heteroatoms. The first-order valence-corrected chi connectivity index (χ1v) is 3.49. The molecule has 0 atom stereocenters. The molecule has 0 heterocycles. The predicted octanol–water partition coefficient (Wildman–Crippen LogP) is 2.98. The van der Waals surface area contributed by atoms with Gasteiger partial charge in [-0.3, -0.25) is 4.99 Å². The summed E-state index contributed by atoms with van der Waals surface area (Å²) in [5.74, 6) is 0. The van der Waals surface area contributed by atoms with Crippen molar-refractivity contribution in [2.75, 3.05) is 7.05 Å². The van der Waals surface area contributed by atoms with Gasteiger partial charge >= 0.3 is 6.18 Å². The van der Waals surface area contributed by atoms with Crippen LogP contribution in [0.4, 0.5) is 13.2 Å². The number of hydrogen-bond acceptors (Lipinski definition) is 1. The second-order valence-electron chi connectivity index (χ2n) is 2.68. The summed E-state index contributed by atoms with van der Waals surface area (Å²) in [5.41, 5.74) is -0.349. The Labute approximate surface area is 70.0 Å². The van der Waals surface area contributed by atoms with Crippen LogP contribution in [0.25, 0.3) is 0 Å². The minimum atomic E-state index is -4.29. The molecule has 0 aliphatic heterocycles. The third-order valence-corrected chi connectivity index (χ3v) is 1.48. The van der Waals surface area contributed by atoms with E-state index in [1.54, 1.807) is 0 Å². The van der Waals surface area contributed by atoms with Gasteiger partial charge in [0.1, 0.15) is 0 Å². The molecule has 0 spiro atoms. The van der Waals surface area contributed by atoms with Gasteiger partial charge in [-0.1, -0.05) is 5.57 Å². The number of aliphatic imine (C=N–C) groups is 1. The van der Waals surface area contributed by atoms with Gasteiger partial charge in [0.05, 0.1) is 5.57 Å². The van der Waals surface area contributed by atoms with Crippen LogP contribution in [0.2, 0.25) is 0 Å². The highest BCUT2D eigenvalue weighted by molar-refractivity contribution is 5.99. The minimum Gasteiger partial charge on any atom is -0.293 e. The quantitative estimate of drug-likeness (QED) is 0.549. The van der Waals surface area contributed by atoms with Gasteiger partial charge in [-0.05, 0) is 20.8 Å². The lowest BCUT2D eigenvalue weighted by molar-refractivity contribution is -0.0868. The molecule has 0 bridgehead atoms. The lowest BCUT2D eigenvalue weighted by atomic mass is 10.1. The SMILES string of the molecule is CN=C(C)C(=C(C)C)C(F)(F)F. The molecule has 12 heavy (non-hydrogen) atoms. The van der Waals surface area contributed by atoms with Crippen molar-refractivity contribution in [3.63, 3.8) is 0 Å². The molecule has 1 nitrogen and oxygen atoms in total. The van der Waals surface area contributed by atoms with E-state index in [2.05, 4.69) is 4.99 Å². The maximum Gasteiger partial charge on any atom is 0.418 e. The number of alkyl halides is 3. The van der Waals surface area contributed by atoms with Crippen molar-refractivity contribution in [1.29, 1.82) is 0 Å². The van der Waals surface area contributed by atoms with Gasteiger partial charge in [0.2, 0.25) is 0 Å². The number of rotatable bonds is 1. The minimum absolute atomic E-state index is 0.0301. The van der Waals surface area contributed by atoms with E-state index in [1.807, 2.05) is 0 Å². The van der Waals surface area contributed by atoms with Crippen LogP contribution in [0.1, 0.15) is 20.8 Å². The molecule has 0 saturated carbocycles. The third-order valence-electron chi connectivity index (χ3n) is 1.48. The first-order valence-electron chi connectivity index (χ1n) is 3.49. The zero-order valence-electron chi connectivity index (χ0n) is 7.58. The van der Waals surface area contributed by atoms with Crippen molar-refractivity contribution in [3.8, 4) is 0 Å². The fraction of sp³-hybridized carbons (Fsp3) is 0.625. The molecule has 0 fully saturated rings. The summed E-state index contributed by atoms with van der Waals surface area (Å²) in [7, 11) is 1.35. The van der Waals surface area contributed by atoms with E-state index in [0.717, 1.165) is 0 Å². The number of hydrogen-bond donors (Lipinski definition) is 0. The Kier molecular flexibility index (Phi) is 3.49. The molecule has 0 radical (unpaired) electrons. The van der Waals surface area contributed by atoms with Crippen molar-refractivity contribution >= 4 is 5.71 Å². The van der Waals surface area contributed by atoms with E-state index in [4.69, 9.17) is 0 Å². The molecule has 0 rings (SSSR count). The normalized spacial score (nSPS) is 13.1. The van der Waals surface area contributed by atoms with Gasteiger partial charge in [0.25, 0.3) is 0 Å². The van der Waals surface area contributed by atoms with Gasteiger partial charge in [0.15, 0.2) is 0 Å². The fourth-order valence-electron chi connectivity index (χ4n) is 0.962. The summed E-state index contributed by atoms with van der Waals surface area (Å²) in [4.78, 5) is 3.52. The van der Waals surface area contributed by atoms with Crippen LogP contribution in [0.3, 0.4) is 0 Å². The summed E-state index contributed by atoms with van der Waals surface area (Å²) in [6, 6.07) is 0. The number of allylic oxidation sites excluding steroid dienone is 2. The molecule has 0 aromatic heterocycles. The van der Waals surface area contributed by atoms with E-state index in [-0.39, 0.29) is 11.3 Å². The molecular formula is C8H12F3N. The molecule has 70 valence electrons. The molecule has 0 unspecified atom stereocenters. The van der Waals surface area contributed by atoms with Crippen molar-refractivity contribution < 1.29 is 13.2 Å². The van der Waals surface area contributed by atoms with E-state index in [9.17, 15) is 13.2 Å². The zero-order valence-corrected chi connectivity index (χ0v) is 7.58. The Bertz CT molecular complexity index is 219. The van der Waals surface area contributed by atoms with Gasteiger partial charge in [-0.2, -0.15) is 13.2 Å². The number of nitrogens with zero attached hydrogens (tertiary/aromatic N) is 1. The Morgan fingerprint density at radius 3 is 1.58 bits per heavy atom. The predicted molar refractivity (Wildman–Crippen MR) is 43.5 cm³/mol. The van der Waals surface area contributed by atoms with Crippen molar-refractivity contribution in [2.24, 2.45) is 4.99 Å². The molecular weight excluding hydrogens is 167 g/mol. The molecule has 0 saturated heterocycles. The second-order valence-corrected chi connectivity index (χ2v) is 2.68. The van der Waals surface area contributed by atoms with Crippen LogP contribution in [0.15, 0.2) is 16.1 Å². The average molecular weight is 179 g/mol. The standard InChI is InChI=1S/C8H12F3N/c1-5(2)7(6(3)12-4)8(9,10)11/h1-4H3. The Morgan fingerprint density at radius 1 is 1.08 bits per heavy atom. The first-order chi connectivity index (χ1) is 5.30. The van der Waals surface area contributed by atoms with Crippen molar-refractivity contribution in [1.82, 2.24) is 0 Å². The highest BCUT2D eigenvalue weighted by Crippen LogP contribution is 2.29. The van der Waals surface area contributed by atoms with E-state index >= 15 is 0 Å². The largest absolute Gasteiger partial charge is 0.418 e. The summed E-state index contributed by atoms with van der Waals surface area (Å²) >= 11 is 0. The Hall–Kier alpha value is -0.800. The molecule has 0 N–H and O–H groups in total. The van der Waals surface area contributed by atoms with Crippen LogP contribution < -0.4 is 0 Å². The summed E-state index contributed by atoms with van der Waals surface area (Å²) in [6.07, 6.45) is -4.29. The van der Waals surface area contributed by atoms with Gasteiger partial charge in [0, 0.05) is 12.8 Å². The molecule has 0 aliphatic rings. The van der Waals surface area contributed by atoms with Crippen LogP contribution in [-0.2, 0) is 0 Å². The first kappa shape index (κ1) is 11.2. The average Bonchev–Trinajstić information content (AvgIpc) is 1.83. The third kappa shape index (κ3) is 2.68. The van der Waals surface area contributed by atoms with Gasteiger partial charge in [-0.15, -0.1) is 0 Å². The van der Waals surface area contributed by atoms with Crippen LogP contribution in [0, 0.1) is 0 Å². The van der Waals surface area contributed by atoms with Crippen LogP contribution in [0.5, 0.6) is 0 Å². The topological polar surface area (TPSA) is 12.4 Å². The summed E-state index contributed by atoms with van der Waals surface area (Å²) in [5, 5.41) is 0. The lowest BCUT2D eigenvalue weighted by Crippen LogP contribution is -2.19. The second kappa shape index (κ2) is 3.74. The van der Waals surface area contributed by atoms with E-state index in [0.29, 0.717) is 0 Å². The van der Waals surface area contributed by atoms with Gasteiger partial charge < -0.3 is 0 Å². The highest BCUT2D eigenvalue weighted by atomic mass is 19.4.